The molecule has 2 nitrogen and oxygen atoms in total. The summed E-state index contributed by atoms with van der Waals surface area (Å²) >= 11 is 0. The Kier molecular flexibility index (Phi) is 5.89. The van der Waals surface area contributed by atoms with E-state index in [0.717, 1.165) is 12.1 Å². The van der Waals surface area contributed by atoms with E-state index in [1.165, 1.54) is 12.1 Å². The second-order valence-electron chi connectivity index (χ2n) is 4.91. The maximum absolute atomic E-state index is 13.2. The van der Waals surface area contributed by atoms with E-state index in [0.29, 0.717) is 18.8 Å². The number of ether oxygens (including phenoxy) is 1. The summed E-state index contributed by atoms with van der Waals surface area (Å²) in [5, 5.41) is 9.53. The quantitative estimate of drug-likeness (QED) is 0.722. The van der Waals surface area contributed by atoms with Crippen LogP contribution in [0.3, 0.4) is 0 Å². The fourth-order valence-corrected chi connectivity index (χ4v) is 1.70. The van der Waals surface area contributed by atoms with Gasteiger partial charge in [-0.2, -0.15) is 30.7 Å². The van der Waals surface area contributed by atoms with E-state index in [9.17, 15) is 35.8 Å². The van der Waals surface area contributed by atoms with Gasteiger partial charge in [-0.15, -0.1) is 0 Å². The van der Waals surface area contributed by atoms with Gasteiger partial charge in [0.25, 0.3) is 0 Å². The van der Waals surface area contributed by atoms with Crippen molar-refractivity contribution in [3.8, 4) is 5.75 Å². The van der Waals surface area contributed by atoms with Gasteiger partial charge < -0.3 is 9.84 Å². The average molecular weight is 348 g/mol. The second-order valence-corrected chi connectivity index (χ2v) is 4.91. The molecule has 0 fully saturated rings. The average Bonchev–Trinajstić information content (AvgIpc) is 2.43. The summed E-state index contributed by atoms with van der Waals surface area (Å²) in [4.78, 5) is 0. The first-order valence-corrected chi connectivity index (χ1v) is 6.65. The van der Waals surface area contributed by atoms with E-state index in [4.69, 9.17) is 4.74 Å². The molecule has 0 heterocycles. The molecular weight excluding hydrogens is 333 g/mol. The summed E-state index contributed by atoms with van der Waals surface area (Å²) in [6, 6.07) is 4.84. The number of alkyl halides is 7. The van der Waals surface area contributed by atoms with Gasteiger partial charge in [0.05, 0.1) is 12.7 Å². The van der Waals surface area contributed by atoms with E-state index >= 15 is 0 Å². The van der Waals surface area contributed by atoms with Crippen molar-refractivity contribution in [1.29, 1.82) is 0 Å². The number of halogens is 7. The lowest BCUT2D eigenvalue weighted by Crippen LogP contribution is -2.52. The van der Waals surface area contributed by atoms with Crippen molar-refractivity contribution in [3.63, 3.8) is 0 Å². The van der Waals surface area contributed by atoms with Crippen molar-refractivity contribution in [3.05, 3.63) is 29.8 Å². The van der Waals surface area contributed by atoms with Gasteiger partial charge in [0, 0.05) is 6.42 Å². The monoisotopic (exact) mass is 348 g/mol. The topological polar surface area (TPSA) is 29.5 Å². The van der Waals surface area contributed by atoms with Crippen molar-refractivity contribution in [2.75, 3.05) is 6.61 Å². The Morgan fingerprint density at radius 1 is 1.00 bits per heavy atom. The van der Waals surface area contributed by atoms with E-state index in [1.807, 2.05) is 6.92 Å². The summed E-state index contributed by atoms with van der Waals surface area (Å²) < 4.78 is 93.3. The van der Waals surface area contributed by atoms with Crippen LogP contribution in [0.4, 0.5) is 30.7 Å². The number of aliphatic hydroxyl groups excluding tert-OH is 1. The lowest BCUT2D eigenvalue weighted by Gasteiger charge is -2.29. The first-order valence-electron chi connectivity index (χ1n) is 6.65. The van der Waals surface area contributed by atoms with Crippen LogP contribution in [0.1, 0.15) is 31.4 Å². The highest BCUT2D eigenvalue weighted by atomic mass is 19.4. The zero-order valence-corrected chi connectivity index (χ0v) is 12.0. The molecule has 0 spiro atoms. The zero-order valence-electron chi connectivity index (χ0n) is 12.0. The molecule has 0 aliphatic carbocycles. The van der Waals surface area contributed by atoms with Gasteiger partial charge in [0.2, 0.25) is 0 Å². The predicted octanol–water partition coefficient (Wildman–Crippen LogP) is 4.73. The van der Waals surface area contributed by atoms with Crippen molar-refractivity contribution in [2.45, 2.75) is 43.9 Å². The minimum Gasteiger partial charge on any atom is -0.494 e. The van der Waals surface area contributed by atoms with Crippen LogP contribution in [-0.4, -0.2) is 29.7 Å². The molecule has 0 saturated carbocycles. The maximum Gasteiger partial charge on any atom is 0.459 e. The Hall–Kier alpha value is -1.51. The predicted molar refractivity (Wildman–Crippen MR) is 67.8 cm³/mol. The van der Waals surface area contributed by atoms with E-state index in [2.05, 4.69) is 0 Å². The number of hydrogen-bond acceptors (Lipinski definition) is 2. The lowest BCUT2D eigenvalue weighted by molar-refractivity contribution is -0.358. The summed E-state index contributed by atoms with van der Waals surface area (Å²) in [6.07, 6.45) is -9.94. The van der Waals surface area contributed by atoms with Crippen LogP contribution in [0.25, 0.3) is 0 Å². The molecule has 9 heteroatoms. The Bertz CT molecular complexity index is 497. The van der Waals surface area contributed by atoms with Crippen LogP contribution < -0.4 is 4.74 Å². The highest BCUT2D eigenvalue weighted by Gasteiger charge is 2.72. The Labute approximate surface area is 127 Å². The highest BCUT2D eigenvalue weighted by molar-refractivity contribution is 5.28. The molecule has 0 aliphatic rings. The molecule has 0 saturated heterocycles. The van der Waals surface area contributed by atoms with E-state index in [-0.39, 0.29) is 5.56 Å². The standard InChI is InChI=1S/C14H15F7O2/c1-2-7-23-10-5-3-9(4-6-10)11(22)8-12(15,16)13(17,18)14(19,20)21/h3-6,11,22H,2,7-8H2,1H3. The molecule has 1 N–H and O–H groups in total. The molecular formula is C14H15F7O2. The maximum atomic E-state index is 13.2. The van der Waals surface area contributed by atoms with E-state index < -0.39 is 30.5 Å². The zero-order chi connectivity index (χ0) is 17.9. The first-order chi connectivity index (χ1) is 10.4. The summed E-state index contributed by atoms with van der Waals surface area (Å²) in [6.45, 7) is 2.23. The van der Waals surface area contributed by atoms with Crippen molar-refractivity contribution in [1.82, 2.24) is 0 Å². The molecule has 1 atom stereocenters. The largest absolute Gasteiger partial charge is 0.494 e. The SMILES string of the molecule is CCCOc1ccc(C(O)CC(F)(F)C(F)(F)C(F)(F)F)cc1. The fourth-order valence-electron chi connectivity index (χ4n) is 1.70. The minimum atomic E-state index is -6.41. The molecule has 0 radical (unpaired) electrons. The molecule has 0 aromatic heterocycles. The highest BCUT2D eigenvalue weighted by Crippen LogP contribution is 2.49. The van der Waals surface area contributed by atoms with Gasteiger partial charge in [-0.25, -0.2) is 0 Å². The van der Waals surface area contributed by atoms with Gasteiger partial charge >= 0.3 is 18.0 Å². The third-order valence-corrected chi connectivity index (χ3v) is 3.00. The van der Waals surface area contributed by atoms with Crippen LogP contribution in [0.15, 0.2) is 24.3 Å². The number of hydrogen-bond donors (Lipinski definition) is 1. The number of aliphatic hydroxyl groups is 1. The molecule has 0 amide bonds. The molecule has 1 unspecified atom stereocenters. The van der Waals surface area contributed by atoms with Crippen molar-refractivity contribution >= 4 is 0 Å². The molecule has 132 valence electrons. The smallest absolute Gasteiger partial charge is 0.459 e. The second kappa shape index (κ2) is 6.94. The van der Waals surface area contributed by atoms with E-state index in [1.54, 1.807) is 0 Å². The lowest BCUT2D eigenvalue weighted by atomic mass is 9.98. The number of rotatable bonds is 7. The van der Waals surface area contributed by atoms with Gasteiger partial charge in [-0.3, -0.25) is 0 Å². The summed E-state index contributed by atoms with van der Waals surface area (Å²) in [5.74, 6) is -11.3. The Morgan fingerprint density at radius 2 is 1.52 bits per heavy atom. The summed E-state index contributed by atoms with van der Waals surface area (Å²) in [5.41, 5.74) is -0.216. The van der Waals surface area contributed by atoms with Gasteiger partial charge in [-0.05, 0) is 24.1 Å². The van der Waals surface area contributed by atoms with Crippen molar-refractivity contribution in [2.24, 2.45) is 0 Å². The van der Waals surface area contributed by atoms with Crippen LogP contribution in [0.2, 0.25) is 0 Å². The van der Waals surface area contributed by atoms with Crippen LogP contribution >= 0.6 is 0 Å². The Balaban J connectivity index is 2.84. The number of benzene rings is 1. The normalized spacial score (nSPS) is 14.7. The third-order valence-electron chi connectivity index (χ3n) is 3.00. The molecule has 0 bridgehead atoms. The molecule has 1 aromatic carbocycles. The van der Waals surface area contributed by atoms with Gasteiger partial charge in [0.15, 0.2) is 0 Å². The minimum absolute atomic E-state index is 0.216. The molecule has 23 heavy (non-hydrogen) atoms. The van der Waals surface area contributed by atoms with Gasteiger partial charge in [-0.1, -0.05) is 19.1 Å². The van der Waals surface area contributed by atoms with Crippen LogP contribution in [-0.2, 0) is 0 Å². The first kappa shape index (κ1) is 19.5. The van der Waals surface area contributed by atoms with Crippen molar-refractivity contribution < 1.29 is 40.6 Å². The fraction of sp³-hybridized carbons (Fsp3) is 0.571. The van der Waals surface area contributed by atoms with Crippen LogP contribution in [0, 0.1) is 0 Å². The molecule has 1 aromatic rings. The Morgan fingerprint density at radius 3 is 1.96 bits per heavy atom. The molecule has 1 rings (SSSR count). The molecule has 0 aliphatic heterocycles. The van der Waals surface area contributed by atoms with Crippen LogP contribution in [0.5, 0.6) is 5.75 Å². The third kappa shape index (κ3) is 4.49. The summed E-state index contributed by atoms with van der Waals surface area (Å²) in [7, 11) is 0. The van der Waals surface area contributed by atoms with Gasteiger partial charge in [0.1, 0.15) is 5.75 Å².